The number of halogens is 1. The second-order valence-electron chi connectivity index (χ2n) is 6.61. The number of esters is 1. The van der Waals surface area contributed by atoms with Gasteiger partial charge in [-0.1, -0.05) is 48.0 Å². The van der Waals surface area contributed by atoms with Crippen LogP contribution >= 0.6 is 22.9 Å². The third kappa shape index (κ3) is 4.09. The number of carbonyl (C=O) groups is 1. The topological polar surface area (TPSA) is 64.1 Å². The molecule has 0 aliphatic carbocycles. The van der Waals surface area contributed by atoms with E-state index in [1.54, 1.807) is 0 Å². The molecule has 1 N–H and O–H groups in total. The molecule has 0 saturated heterocycles. The number of ether oxygens (including phenoxy) is 1. The minimum atomic E-state index is -0.362. The van der Waals surface area contributed by atoms with E-state index in [0.29, 0.717) is 15.7 Å². The number of aromatic nitrogens is 2. The van der Waals surface area contributed by atoms with Crippen LogP contribution in [-0.2, 0) is 11.3 Å². The highest BCUT2D eigenvalue weighted by atomic mass is 35.5. The largest absolute Gasteiger partial charge is 0.457 e. The Morgan fingerprint density at radius 3 is 2.69 bits per heavy atom. The second kappa shape index (κ2) is 8.19. The zero-order chi connectivity index (χ0) is 20.4. The maximum atomic E-state index is 12.7. The number of thiophene rings is 1. The third-order valence-electron chi connectivity index (χ3n) is 4.56. The lowest BCUT2D eigenvalue weighted by Gasteiger charge is -2.09. The zero-order valence-electron chi connectivity index (χ0n) is 15.9. The van der Waals surface area contributed by atoms with E-state index in [0.717, 1.165) is 32.6 Å². The van der Waals surface area contributed by atoms with Crippen LogP contribution in [0.4, 0.5) is 11.5 Å². The molecule has 0 radical (unpaired) electrons. The van der Waals surface area contributed by atoms with E-state index in [9.17, 15) is 4.79 Å². The molecular weight excluding hydrogens is 406 g/mol. The summed E-state index contributed by atoms with van der Waals surface area (Å²) in [5, 5.41) is 4.76. The molecule has 5 nitrogen and oxygen atoms in total. The highest BCUT2D eigenvalue weighted by molar-refractivity contribution is 7.20. The Bertz CT molecular complexity index is 1190. The van der Waals surface area contributed by atoms with E-state index < -0.39 is 0 Å². The number of rotatable bonds is 5. The summed E-state index contributed by atoms with van der Waals surface area (Å²) in [6, 6.07) is 15.3. The molecule has 0 aliphatic heterocycles. The van der Waals surface area contributed by atoms with E-state index >= 15 is 0 Å². The average Bonchev–Trinajstić information content (AvgIpc) is 3.07. The Kier molecular flexibility index (Phi) is 5.47. The predicted molar refractivity (Wildman–Crippen MR) is 117 cm³/mol. The lowest BCUT2D eigenvalue weighted by Crippen LogP contribution is -2.04. The fourth-order valence-electron chi connectivity index (χ4n) is 2.96. The van der Waals surface area contributed by atoms with Crippen molar-refractivity contribution < 1.29 is 9.53 Å². The van der Waals surface area contributed by atoms with Crippen LogP contribution in [0, 0.1) is 13.8 Å². The van der Waals surface area contributed by atoms with Gasteiger partial charge in [0.25, 0.3) is 0 Å². The molecule has 2 heterocycles. The van der Waals surface area contributed by atoms with Crippen molar-refractivity contribution in [2.75, 3.05) is 5.32 Å². The summed E-state index contributed by atoms with van der Waals surface area (Å²) in [6.45, 7) is 4.06. The predicted octanol–water partition coefficient (Wildman–Crippen LogP) is 6.06. The van der Waals surface area contributed by atoms with Gasteiger partial charge in [-0.05, 0) is 42.7 Å². The minimum absolute atomic E-state index is 0.228. The zero-order valence-corrected chi connectivity index (χ0v) is 17.5. The number of nitrogens with one attached hydrogen (secondary N) is 1. The van der Waals surface area contributed by atoms with Crippen molar-refractivity contribution in [1.82, 2.24) is 9.97 Å². The summed E-state index contributed by atoms with van der Waals surface area (Å²) in [5.74, 6) is 0.268. The number of hydrogen-bond acceptors (Lipinski definition) is 6. The maximum Gasteiger partial charge on any atom is 0.349 e. The Hall–Kier alpha value is -2.96. The molecule has 2 aromatic carbocycles. The van der Waals surface area contributed by atoms with Crippen LogP contribution < -0.4 is 5.32 Å². The molecule has 146 valence electrons. The van der Waals surface area contributed by atoms with Gasteiger partial charge in [0.2, 0.25) is 0 Å². The first kappa shape index (κ1) is 19.4. The molecule has 29 heavy (non-hydrogen) atoms. The third-order valence-corrected chi connectivity index (χ3v) is 6.15. The molecule has 0 bridgehead atoms. The van der Waals surface area contributed by atoms with E-state index in [1.807, 2.05) is 62.4 Å². The summed E-state index contributed by atoms with van der Waals surface area (Å²) in [7, 11) is 0. The van der Waals surface area contributed by atoms with Crippen molar-refractivity contribution in [3.05, 3.63) is 81.4 Å². The van der Waals surface area contributed by atoms with Gasteiger partial charge < -0.3 is 10.1 Å². The van der Waals surface area contributed by atoms with Crippen molar-refractivity contribution in [3.8, 4) is 0 Å². The van der Waals surface area contributed by atoms with Gasteiger partial charge in [-0.25, -0.2) is 14.8 Å². The molecule has 0 fully saturated rings. The molecule has 0 spiro atoms. The van der Waals surface area contributed by atoms with E-state index in [1.165, 1.54) is 17.7 Å². The van der Waals surface area contributed by atoms with Crippen LogP contribution in [0.2, 0.25) is 5.02 Å². The standard InChI is InChI=1S/C22H18ClN3O2S/c1-13-8-9-16(10-17(13)23)26-20-18-14(2)19(29-21(18)25-12-24-20)22(27)28-11-15-6-4-3-5-7-15/h3-10,12H,11H2,1-2H3,(H,24,25,26). The Morgan fingerprint density at radius 2 is 1.93 bits per heavy atom. The summed E-state index contributed by atoms with van der Waals surface area (Å²) in [5.41, 5.74) is 3.56. The Labute approximate surface area is 177 Å². The smallest absolute Gasteiger partial charge is 0.349 e. The number of benzene rings is 2. The van der Waals surface area contributed by atoms with Gasteiger partial charge in [0.1, 0.15) is 28.5 Å². The van der Waals surface area contributed by atoms with Gasteiger partial charge >= 0.3 is 5.97 Å². The first-order chi connectivity index (χ1) is 14.0. The minimum Gasteiger partial charge on any atom is -0.457 e. The van der Waals surface area contributed by atoms with Gasteiger partial charge in [-0.15, -0.1) is 11.3 Å². The quantitative estimate of drug-likeness (QED) is 0.395. The molecule has 2 aromatic heterocycles. The lowest BCUT2D eigenvalue weighted by atomic mass is 10.2. The highest BCUT2D eigenvalue weighted by Crippen LogP contribution is 2.35. The number of carbonyl (C=O) groups excluding carboxylic acids is 1. The van der Waals surface area contributed by atoms with Crippen LogP contribution in [-0.4, -0.2) is 15.9 Å². The molecule has 4 aromatic rings. The van der Waals surface area contributed by atoms with Gasteiger partial charge in [-0.3, -0.25) is 0 Å². The first-order valence-corrected chi connectivity index (χ1v) is 10.2. The molecular formula is C22H18ClN3O2S. The maximum absolute atomic E-state index is 12.7. The highest BCUT2D eigenvalue weighted by Gasteiger charge is 2.20. The fraction of sp³-hybridized carbons (Fsp3) is 0.136. The summed E-state index contributed by atoms with van der Waals surface area (Å²) < 4.78 is 5.50. The molecule has 0 atom stereocenters. The van der Waals surface area contributed by atoms with Gasteiger partial charge in [0, 0.05) is 10.7 Å². The number of anilines is 2. The normalized spacial score (nSPS) is 10.9. The van der Waals surface area contributed by atoms with E-state index in [-0.39, 0.29) is 12.6 Å². The van der Waals surface area contributed by atoms with Crippen LogP contribution in [0.1, 0.15) is 26.4 Å². The first-order valence-electron chi connectivity index (χ1n) is 9.01. The molecule has 4 rings (SSSR count). The number of aryl methyl sites for hydroxylation is 2. The molecule has 0 unspecified atom stereocenters. The van der Waals surface area contributed by atoms with Crippen LogP contribution in [0.5, 0.6) is 0 Å². The summed E-state index contributed by atoms with van der Waals surface area (Å²) in [4.78, 5) is 22.6. The van der Waals surface area contributed by atoms with Crippen LogP contribution in [0.25, 0.3) is 10.2 Å². The van der Waals surface area contributed by atoms with Crippen molar-refractivity contribution in [1.29, 1.82) is 0 Å². The average molecular weight is 424 g/mol. The van der Waals surface area contributed by atoms with Gasteiger partial charge in [-0.2, -0.15) is 0 Å². The van der Waals surface area contributed by atoms with Crippen LogP contribution in [0.15, 0.2) is 54.9 Å². The molecule has 0 saturated carbocycles. The number of hydrogen-bond donors (Lipinski definition) is 1. The summed E-state index contributed by atoms with van der Waals surface area (Å²) >= 11 is 7.53. The Balaban J connectivity index is 1.62. The van der Waals surface area contributed by atoms with E-state index in [4.69, 9.17) is 16.3 Å². The van der Waals surface area contributed by atoms with Gasteiger partial charge in [0.05, 0.1) is 5.39 Å². The SMILES string of the molecule is Cc1ccc(Nc2ncnc3sc(C(=O)OCc4ccccc4)c(C)c23)cc1Cl. The number of nitrogens with zero attached hydrogens (tertiary/aromatic N) is 2. The van der Waals surface area contributed by atoms with Gasteiger partial charge in [0.15, 0.2) is 0 Å². The monoisotopic (exact) mass is 423 g/mol. The molecule has 7 heteroatoms. The lowest BCUT2D eigenvalue weighted by molar-refractivity contribution is 0.0478. The molecule has 0 amide bonds. The fourth-order valence-corrected chi connectivity index (χ4v) is 4.18. The van der Waals surface area contributed by atoms with Crippen LogP contribution in [0.3, 0.4) is 0 Å². The Morgan fingerprint density at radius 1 is 1.14 bits per heavy atom. The van der Waals surface area contributed by atoms with Crippen molar-refractivity contribution in [2.24, 2.45) is 0 Å². The molecule has 0 aliphatic rings. The summed E-state index contributed by atoms with van der Waals surface area (Å²) in [6.07, 6.45) is 1.48. The second-order valence-corrected chi connectivity index (χ2v) is 8.02. The number of fused-ring (bicyclic) bond motifs is 1. The van der Waals surface area contributed by atoms with Crippen molar-refractivity contribution in [2.45, 2.75) is 20.5 Å². The van der Waals surface area contributed by atoms with E-state index in [2.05, 4.69) is 15.3 Å². The van der Waals surface area contributed by atoms with Crippen molar-refractivity contribution >= 4 is 50.6 Å². The van der Waals surface area contributed by atoms with Crippen molar-refractivity contribution in [3.63, 3.8) is 0 Å².